The summed E-state index contributed by atoms with van der Waals surface area (Å²) in [5.74, 6) is 0.0322. The van der Waals surface area contributed by atoms with Crippen molar-refractivity contribution in [3.8, 4) is 11.3 Å². The van der Waals surface area contributed by atoms with E-state index in [0.29, 0.717) is 0 Å². The summed E-state index contributed by atoms with van der Waals surface area (Å²) in [6.45, 7) is 3.89. The highest BCUT2D eigenvalue weighted by Gasteiger charge is 2.11. The molecule has 0 aliphatic rings. The zero-order valence-electron chi connectivity index (χ0n) is 11.1. The van der Waals surface area contributed by atoms with Gasteiger partial charge in [-0.05, 0) is 32.2 Å². The molecule has 1 unspecified atom stereocenters. The van der Waals surface area contributed by atoms with Crippen LogP contribution in [-0.4, -0.2) is 22.4 Å². The van der Waals surface area contributed by atoms with E-state index in [9.17, 15) is 4.79 Å². The second kappa shape index (κ2) is 6.21. The maximum Gasteiger partial charge on any atom is 0.237 e. The fraction of sp³-hybridized carbons (Fsp3) is 0.286. The van der Waals surface area contributed by atoms with E-state index in [1.54, 1.807) is 11.3 Å². The molecule has 1 aromatic heterocycles. The van der Waals surface area contributed by atoms with Gasteiger partial charge < -0.3 is 5.32 Å². The number of benzene rings is 1. The van der Waals surface area contributed by atoms with Gasteiger partial charge in [-0.3, -0.25) is 4.79 Å². The maximum atomic E-state index is 11.8. The van der Waals surface area contributed by atoms with Crippen LogP contribution in [0.3, 0.4) is 0 Å². The van der Waals surface area contributed by atoms with Crippen LogP contribution < -0.4 is 5.32 Å². The van der Waals surface area contributed by atoms with Gasteiger partial charge in [0.1, 0.15) is 0 Å². The van der Waals surface area contributed by atoms with Crippen molar-refractivity contribution in [1.29, 1.82) is 0 Å². The Hall–Kier alpha value is -1.33. The number of carbonyl (C=O) groups excluding carboxylic acids is 1. The lowest BCUT2D eigenvalue weighted by Crippen LogP contribution is -2.21. The van der Waals surface area contributed by atoms with Crippen LogP contribution in [-0.2, 0) is 4.79 Å². The molecule has 0 fully saturated rings. The Morgan fingerprint density at radius 2 is 2.05 bits per heavy atom. The number of aromatic nitrogens is 1. The van der Waals surface area contributed by atoms with Gasteiger partial charge in [0.05, 0.1) is 16.0 Å². The first-order valence-corrected chi connectivity index (χ1v) is 8.13. The molecule has 5 heteroatoms. The molecule has 2 aromatic rings. The molecule has 2 rings (SSSR count). The van der Waals surface area contributed by atoms with E-state index >= 15 is 0 Å². The molecule has 0 aliphatic heterocycles. The van der Waals surface area contributed by atoms with Crippen LogP contribution >= 0.6 is 23.1 Å². The quantitative estimate of drug-likeness (QED) is 0.931. The van der Waals surface area contributed by atoms with E-state index in [0.717, 1.165) is 22.0 Å². The fourth-order valence-corrected chi connectivity index (χ4v) is 2.47. The molecule has 1 N–H and O–H groups in total. The predicted octanol–water partition coefficient (Wildman–Crippen LogP) is 3.81. The third kappa shape index (κ3) is 3.58. The molecule has 1 amide bonds. The molecule has 0 saturated carbocycles. The number of hydrogen-bond donors (Lipinski definition) is 1. The second-order valence-electron chi connectivity index (χ2n) is 4.20. The SMILES string of the molecule is CSC(C)C(=O)Nc1ccc(-c2csc(C)n2)cc1. The van der Waals surface area contributed by atoms with E-state index in [1.165, 1.54) is 11.8 Å². The molecule has 0 radical (unpaired) electrons. The Kier molecular flexibility index (Phi) is 4.61. The van der Waals surface area contributed by atoms with E-state index in [2.05, 4.69) is 10.3 Å². The zero-order valence-corrected chi connectivity index (χ0v) is 12.8. The highest BCUT2D eigenvalue weighted by atomic mass is 32.2. The number of nitrogens with one attached hydrogen (secondary N) is 1. The third-order valence-electron chi connectivity index (χ3n) is 2.79. The molecule has 1 heterocycles. The van der Waals surface area contributed by atoms with Gasteiger partial charge in [-0.15, -0.1) is 11.3 Å². The smallest absolute Gasteiger partial charge is 0.237 e. The Morgan fingerprint density at radius 3 is 2.58 bits per heavy atom. The lowest BCUT2D eigenvalue weighted by Gasteiger charge is -2.09. The number of amides is 1. The molecule has 19 heavy (non-hydrogen) atoms. The fourth-order valence-electron chi connectivity index (χ4n) is 1.57. The highest BCUT2D eigenvalue weighted by Crippen LogP contribution is 2.23. The average Bonchev–Trinajstić information content (AvgIpc) is 2.85. The molecule has 0 spiro atoms. The number of hydrogen-bond acceptors (Lipinski definition) is 4. The number of thioether (sulfide) groups is 1. The molecule has 0 bridgehead atoms. The third-order valence-corrected chi connectivity index (χ3v) is 4.48. The summed E-state index contributed by atoms with van der Waals surface area (Å²) in [6.07, 6.45) is 1.93. The topological polar surface area (TPSA) is 42.0 Å². The maximum absolute atomic E-state index is 11.8. The van der Waals surface area contributed by atoms with Crippen molar-refractivity contribution >= 4 is 34.7 Å². The van der Waals surface area contributed by atoms with E-state index < -0.39 is 0 Å². The molecular formula is C14H16N2OS2. The first-order chi connectivity index (χ1) is 9.10. The van der Waals surface area contributed by atoms with Crippen LogP contribution in [0, 0.1) is 6.92 Å². The van der Waals surface area contributed by atoms with Crippen molar-refractivity contribution in [2.24, 2.45) is 0 Å². The van der Waals surface area contributed by atoms with Gasteiger partial charge in [-0.25, -0.2) is 4.98 Å². The van der Waals surface area contributed by atoms with Crippen molar-refractivity contribution in [3.05, 3.63) is 34.7 Å². The summed E-state index contributed by atoms with van der Waals surface area (Å²) in [6, 6.07) is 7.78. The summed E-state index contributed by atoms with van der Waals surface area (Å²) < 4.78 is 0. The van der Waals surface area contributed by atoms with E-state index in [1.807, 2.05) is 49.7 Å². The van der Waals surface area contributed by atoms with Crippen molar-refractivity contribution in [2.45, 2.75) is 19.1 Å². The molecule has 3 nitrogen and oxygen atoms in total. The summed E-state index contributed by atoms with van der Waals surface area (Å²) in [5, 5.41) is 5.96. The van der Waals surface area contributed by atoms with Crippen LogP contribution in [0.5, 0.6) is 0 Å². The molecule has 0 aliphatic carbocycles. The number of carbonyl (C=O) groups is 1. The lowest BCUT2D eigenvalue weighted by molar-refractivity contribution is -0.115. The number of rotatable bonds is 4. The van der Waals surface area contributed by atoms with Gasteiger partial charge >= 0.3 is 0 Å². The van der Waals surface area contributed by atoms with Crippen LogP contribution in [0.25, 0.3) is 11.3 Å². The van der Waals surface area contributed by atoms with E-state index in [4.69, 9.17) is 0 Å². The van der Waals surface area contributed by atoms with Gasteiger partial charge in [0.25, 0.3) is 0 Å². The average molecular weight is 292 g/mol. The predicted molar refractivity (Wildman–Crippen MR) is 83.9 cm³/mol. The lowest BCUT2D eigenvalue weighted by atomic mass is 10.1. The number of anilines is 1. The second-order valence-corrected chi connectivity index (χ2v) is 6.44. The van der Waals surface area contributed by atoms with Gasteiger partial charge in [-0.2, -0.15) is 11.8 Å². The molecule has 100 valence electrons. The summed E-state index contributed by atoms with van der Waals surface area (Å²) in [5.41, 5.74) is 2.87. The number of thiazole rings is 1. The highest BCUT2D eigenvalue weighted by molar-refractivity contribution is 7.99. The van der Waals surface area contributed by atoms with Gasteiger partial charge in [0.2, 0.25) is 5.91 Å². The Morgan fingerprint density at radius 1 is 1.37 bits per heavy atom. The Labute approximate surface area is 121 Å². The van der Waals surface area contributed by atoms with Crippen molar-refractivity contribution in [1.82, 2.24) is 4.98 Å². The van der Waals surface area contributed by atoms with Gasteiger partial charge in [0.15, 0.2) is 0 Å². The molecule has 1 aromatic carbocycles. The minimum absolute atomic E-state index is 0.0322. The summed E-state index contributed by atoms with van der Waals surface area (Å²) >= 11 is 3.17. The first-order valence-electron chi connectivity index (χ1n) is 5.96. The van der Waals surface area contributed by atoms with Crippen molar-refractivity contribution in [3.63, 3.8) is 0 Å². The van der Waals surface area contributed by atoms with Crippen LogP contribution in [0.2, 0.25) is 0 Å². The Balaban J connectivity index is 2.08. The number of nitrogens with zero attached hydrogens (tertiary/aromatic N) is 1. The monoisotopic (exact) mass is 292 g/mol. The molecule has 0 saturated heterocycles. The van der Waals surface area contributed by atoms with Crippen LogP contribution in [0.1, 0.15) is 11.9 Å². The normalized spacial score (nSPS) is 12.2. The van der Waals surface area contributed by atoms with Crippen LogP contribution in [0.15, 0.2) is 29.6 Å². The van der Waals surface area contributed by atoms with Crippen LogP contribution in [0.4, 0.5) is 5.69 Å². The molecule has 1 atom stereocenters. The summed E-state index contributed by atoms with van der Waals surface area (Å²) in [7, 11) is 0. The molecular weight excluding hydrogens is 276 g/mol. The number of aryl methyl sites for hydroxylation is 1. The first kappa shape index (κ1) is 14.1. The minimum atomic E-state index is -0.0409. The Bertz CT molecular complexity index is 563. The largest absolute Gasteiger partial charge is 0.325 e. The zero-order chi connectivity index (χ0) is 13.8. The standard InChI is InChI=1S/C14H16N2OS2/c1-9(18-3)14(17)16-12-6-4-11(5-7-12)13-8-19-10(2)15-13/h4-9H,1-3H3,(H,16,17). The minimum Gasteiger partial charge on any atom is -0.325 e. The van der Waals surface area contributed by atoms with Gasteiger partial charge in [0, 0.05) is 16.6 Å². The van der Waals surface area contributed by atoms with Gasteiger partial charge in [-0.1, -0.05) is 12.1 Å². The summed E-state index contributed by atoms with van der Waals surface area (Å²) in [4.78, 5) is 16.2. The van der Waals surface area contributed by atoms with Crippen molar-refractivity contribution in [2.75, 3.05) is 11.6 Å². The van der Waals surface area contributed by atoms with E-state index in [-0.39, 0.29) is 11.2 Å². The van der Waals surface area contributed by atoms with Crippen molar-refractivity contribution < 1.29 is 4.79 Å².